The van der Waals surface area contributed by atoms with Crippen molar-refractivity contribution in [1.82, 2.24) is 5.32 Å². The molecule has 1 N–H and O–H groups in total. The molecule has 0 aliphatic heterocycles. The highest BCUT2D eigenvalue weighted by molar-refractivity contribution is 8.00. The Labute approximate surface area is 148 Å². The van der Waals surface area contributed by atoms with Crippen molar-refractivity contribution in [3.8, 4) is 5.75 Å². The molecule has 0 spiro atoms. The van der Waals surface area contributed by atoms with Gasteiger partial charge in [0.05, 0.1) is 12.3 Å². The molecule has 0 unspecified atom stereocenters. The van der Waals surface area contributed by atoms with E-state index < -0.39 is 0 Å². The molecule has 2 aromatic carbocycles. The van der Waals surface area contributed by atoms with E-state index in [1.54, 1.807) is 0 Å². The number of benzene rings is 2. The van der Waals surface area contributed by atoms with E-state index in [4.69, 9.17) is 4.74 Å². The molecule has 3 nitrogen and oxygen atoms in total. The van der Waals surface area contributed by atoms with E-state index in [1.165, 1.54) is 17.3 Å². The van der Waals surface area contributed by atoms with Crippen molar-refractivity contribution in [3.05, 3.63) is 60.2 Å². The average Bonchev–Trinajstić information content (AvgIpc) is 2.57. The SMILES string of the molecule is CC(C)(C)c1ccccc1OCCNC(=O)CSc1ccccc1. The molecule has 2 rings (SSSR count). The molecular weight excluding hydrogens is 318 g/mol. The summed E-state index contributed by atoms with van der Waals surface area (Å²) in [5.41, 5.74) is 1.21. The summed E-state index contributed by atoms with van der Waals surface area (Å²) in [6, 6.07) is 18.0. The maximum atomic E-state index is 11.9. The number of hydrogen-bond acceptors (Lipinski definition) is 3. The number of ether oxygens (including phenoxy) is 1. The number of rotatable bonds is 7. The van der Waals surface area contributed by atoms with Crippen molar-refractivity contribution in [2.24, 2.45) is 0 Å². The second-order valence-corrected chi connectivity index (χ2v) is 7.60. The third-order valence-electron chi connectivity index (χ3n) is 3.49. The van der Waals surface area contributed by atoms with Gasteiger partial charge in [0.1, 0.15) is 12.4 Å². The standard InChI is InChI=1S/C20H25NO2S/c1-20(2,3)17-11-7-8-12-18(17)23-14-13-21-19(22)15-24-16-9-5-4-6-10-16/h4-12H,13-15H2,1-3H3,(H,21,22). The highest BCUT2D eigenvalue weighted by Gasteiger charge is 2.18. The van der Waals surface area contributed by atoms with Gasteiger partial charge in [-0.15, -0.1) is 11.8 Å². The van der Waals surface area contributed by atoms with Crippen LogP contribution in [0.25, 0.3) is 0 Å². The number of thioether (sulfide) groups is 1. The van der Waals surface area contributed by atoms with Crippen molar-refractivity contribution in [1.29, 1.82) is 0 Å². The first-order valence-electron chi connectivity index (χ1n) is 8.13. The van der Waals surface area contributed by atoms with Crippen molar-refractivity contribution in [3.63, 3.8) is 0 Å². The molecule has 1 amide bonds. The highest BCUT2D eigenvalue weighted by atomic mass is 32.2. The van der Waals surface area contributed by atoms with Crippen LogP contribution in [0.5, 0.6) is 5.75 Å². The second kappa shape index (κ2) is 8.78. The van der Waals surface area contributed by atoms with Crippen LogP contribution in [-0.2, 0) is 10.2 Å². The molecule has 128 valence electrons. The Hall–Kier alpha value is -1.94. The molecule has 0 bridgehead atoms. The van der Waals surface area contributed by atoms with Gasteiger partial charge >= 0.3 is 0 Å². The highest BCUT2D eigenvalue weighted by Crippen LogP contribution is 2.30. The minimum atomic E-state index is 0.0246. The molecule has 0 aromatic heterocycles. The summed E-state index contributed by atoms with van der Waals surface area (Å²) in [7, 11) is 0. The lowest BCUT2D eigenvalue weighted by Crippen LogP contribution is -2.29. The molecule has 24 heavy (non-hydrogen) atoms. The fourth-order valence-electron chi connectivity index (χ4n) is 2.28. The van der Waals surface area contributed by atoms with Crippen LogP contribution in [0.15, 0.2) is 59.5 Å². The fraction of sp³-hybridized carbons (Fsp3) is 0.350. The number of para-hydroxylation sites is 1. The third-order valence-corrected chi connectivity index (χ3v) is 4.50. The smallest absolute Gasteiger partial charge is 0.230 e. The van der Waals surface area contributed by atoms with Gasteiger partial charge in [-0.25, -0.2) is 0 Å². The van der Waals surface area contributed by atoms with Crippen LogP contribution in [0, 0.1) is 0 Å². The summed E-state index contributed by atoms with van der Waals surface area (Å²) in [4.78, 5) is 13.0. The molecule has 0 atom stereocenters. The van der Waals surface area contributed by atoms with Crippen LogP contribution < -0.4 is 10.1 Å². The fourth-order valence-corrected chi connectivity index (χ4v) is 3.03. The first-order chi connectivity index (χ1) is 11.5. The largest absolute Gasteiger partial charge is 0.491 e. The molecule has 0 aliphatic rings. The summed E-state index contributed by atoms with van der Waals surface area (Å²) in [5.74, 6) is 1.33. The molecule has 0 radical (unpaired) electrons. The topological polar surface area (TPSA) is 38.3 Å². The zero-order chi connectivity index (χ0) is 17.4. The van der Waals surface area contributed by atoms with Gasteiger partial charge in [-0.05, 0) is 29.2 Å². The van der Waals surface area contributed by atoms with Crippen LogP contribution in [-0.4, -0.2) is 24.8 Å². The lowest BCUT2D eigenvalue weighted by molar-refractivity contribution is -0.118. The Kier molecular flexibility index (Phi) is 6.73. The van der Waals surface area contributed by atoms with E-state index in [9.17, 15) is 4.79 Å². The predicted octanol–water partition coefficient (Wildman–Crippen LogP) is 4.27. The Bertz CT molecular complexity index is 650. The van der Waals surface area contributed by atoms with Crippen molar-refractivity contribution in [2.75, 3.05) is 18.9 Å². The summed E-state index contributed by atoms with van der Waals surface area (Å²) in [6.07, 6.45) is 0. The molecule has 4 heteroatoms. The number of nitrogens with one attached hydrogen (secondary N) is 1. The van der Waals surface area contributed by atoms with Gasteiger partial charge in [0.25, 0.3) is 0 Å². The van der Waals surface area contributed by atoms with E-state index in [2.05, 4.69) is 32.2 Å². The van der Waals surface area contributed by atoms with Gasteiger partial charge in [0, 0.05) is 4.90 Å². The van der Waals surface area contributed by atoms with Crippen molar-refractivity contribution in [2.45, 2.75) is 31.1 Å². The van der Waals surface area contributed by atoms with Crippen LogP contribution >= 0.6 is 11.8 Å². The second-order valence-electron chi connectivity index (χ2n) is 6.55. The minimum Gasteiger partial charge on any atom is -0.491 e. The summed E-state index contributed by atoms with van der Waals surface area (Å²) in [6.45, 7) is 7.47. The molecule has 0 aliphatic carbocycles. The molecule has 2 aromatic rings. The maximum Gasteiger partial charge on any atom is 0.230 e. The molecular formula is C20H25NO2S. The number of carbonyl (C=O) groups is 1. The summed E-state index contributed by atoms with van der Waals surface area (Å²) in [5, 5.41) is 2.90. The van der Waals surface area contributed by atoms with Gasteiger partial charge in [-0.1, -0.05) is 57.2 Å². The lowest BCUT2D eigenvalue weighted by atomic mass is 9.86. The van der Waals surface area contributed by atoms with Gasteiger partial charge in [0.15, 0.2) is 0 Å². The Balaban J connectivity index is 1.72. The van der Waals surface area contributed by atoms with Crippen molar-refractivity contribution >= 4 is 17.7 Å². The third kappa shape index (κ3) is 5.93. The predicted molar refractivity (Wildman–Crippen MR) is 101 cm³/mol. The van der Waals surface area contributed by atoms with E-state index in [1.807, 2.05) is 48.5 Å². The van der Waals surface area contributed by atoms with E-state index in [0.29, 0.717) is 18.9 Å². The maximum absolute atomic E-state index is 11.9. The molecule has 0 fully saturated rings. The minimum absolute atomic E-state index is 0.0246. The van der Waals surface area contributed by atoms with Crippen LogP contribution in [0.3, 0.4) is 0 Å². The zero-order valence-electron chi connectivity index (χ0n) is 14.5. The first-order valence-corrected chi connectivity index (χ1v) is 9.12. The molecule has 0 saturated heterocycles. The molecule has 0 heterocycles. The van der Waals surface area contributed by atoms with Gasteiger partial charge in [0.2, 0.25) is 5.91 Å². The summed E-state index contributed by atoms with van der Waals surface area (Å²) < 4.78 is 5.86. The van der Waals surface area contributed by atoms with Crippen LogP contribution in [0.1, 0.15) is 26.3 Å². The first kappa shape index (κ1) is 18.4. The summed E-state index contributed by atoms with van der Waals surface area (Å²) >= 11 is 1.54. The average molecular weight is 343 g/mol. The van der Waals surface area contributed by atoms with Crippen LogP contribution in [0.4, 0.5) is 0 Å². The van der Waals surface area contributed by atoms with Crippen molar-refractivity contribution < 1.29 is 9.53 Å². The Morgan fingerprint density at radius 3 is 2.42 bits per heavy atom. The van der Waals surface area contributed by atoms with E-state index in [-0.39, 0.29) is 11.3 Å². The van der Waals surface area contributed by atoms with E-state index in [0.717, 1.165) is 10.6 Å². The quantitative estimate of drug-likeness (QED) is 0.603. The number of amides is 1. The number of carbonyl (C=O) groups excluding carboxylic acids is 1. The monoisotopic (exact) mass is 343 g/mol. The van der Waals surface area contributed by atoms with Gasteiger partial charge in [-0.2, -0.15) is 0 Å². The van der Waals surface area contributed by atoms with E-state index >= 15 is 0 Å². The normalized spacial score (nSPS) is 11.1. The Morgan fingerprint density at radius 1 is 1.04 bits per heavy atom. The Morgan fingerprint density at radius 2 is 1.71 bits per heavy atom. The lowest BCUT2D eigenvalue weighted by Gasteiger charge is -2.22. The van der Waals surface area contributed by atoms with Crippen LogP contribution in [0.2, 0.25) is 0 Å². The van der Waals surface area contributed by atoms with Gasteiger partial charge in [-0.3, -0.25) is 4.79 Å². The number of hydrogen-bond donors (Lipinski definition) is 1. The zero-order valence-corrected chi connectivity index (χ0v) is 15.4. The molecule has 0 saturated carbocycles. The van der Waals surface area contributed by atoms with Gasteiger partial charge < -0.3 is 10.1 Å².